The minimum absolute atomic E-state index is 0.102. The molecule has 156 valence electrons. The first-order chi connectivity index (χ1) is 14.1. The molecule has 2 unspecified atom stereocenters. The molecule has 0 aromatic heterocycles. The molecule has 0 bridgehead atoms. The molecule has 0 saturated carbocycles. The van der Waals surface area contributed by atoms with Crippen LogP contribution in [0.4, 0.5) is 0 Å². The lowest BCUT2D eigenvalue weighted by Crippen LogP contribution is -2.52. The maximum absolute atomic E-state index is 13.0. The highest BCUT2D eigenvalue weighted by Gasteiger charge is 2.40. The fourth-order valence-corrected chi connectivity index (χ4v) is 4.97. The van der Waals surface area contributed by atoms with Gasteiger partial charge in [0.05, 0.1) is 0 Å². The van der Waals surface area contributed by atoms with E-state index in [0.29, 0.717) is 24.6 Å². The topological polar surface area (TPSA) is 95.7 Å². The highest BCUT2D eigenvalue weighted by atomic mass is 16.2. The van der Waals surface area contributed by atoms with Crippen molar-refractivity contribution in [3.05, 3.63) is 34.9 Å². The molecule has 7 heteroatoms. The quantitative estimate of drug-likeness (QED) is 0.709. The third-order valence-corrected chi connectivity index (χ3v) is 6.54. The number of nitrogens with zero attached hydrogens (tertiary/aromatic N) is 2. The average Bonchev–Trinajstić information content (AvgIpc) is 3.05. The number of imide groups is 1. The van der Waals surface area contributed by atoms with E-state index in [1.54, 1.807) is 4.90 Å². The molecule has 2 fully saturated rings. The van der Waals surface area contributed by atoms with E-state index >= 15 is 0 Å². The second-order valence-electron chi connectivity index (χ2n) is 8.39. The summed E-state index contributed by atoms with van der Waals surface area (Å²) in [7, 11) is 0. The number of piperidine rings is 2. The van der Waals surface area contributed by atoms with E-state index in [0.717, 1.165) is 38.0 Å². The molecule has 3 N–H and O–H groups in total. The molecule has 1 aromatic rings. The first-order valence-electron chi connectivity index (χ1n) is 10.8. The van der Waals surface area contributed by atoms with E-state index in [2.05, 4.69) is 16.3 Å². The predicted molar refractivity (Wildman–Crippen MR) is 109 cm³/mol. The summed E-state index contributed by atoms with van der Waals surface area (Å²) in [6.45, 7) is 3.07. The van der Waals surface area contributed by atoms with Crippen LogP contribution in [0.5, 0.6) is 0 Å². The number of hydrogen-bond donors (Lipinski definition) is 2. The molecule has 0 spiro atoms. The summed E-state index contributed by atoms with van der Waals surface area (Å²) in [5.74, 6) is -0.721. The Morgan fingerprint density at radius 1 is 1.14 bits per heavy atom. The maximum Gasteiger partial charge on any atom is 0.255 e. The summed E-state index contributed by atoms with van der Waals surface area (Å²) in [5.41, 5.74) is 8.62. The highest BCUT2D eigenvalue weighted by Crippen LogP contribution is 2.32. The summed E-state index contributed by atoms with van der Waals surface area (Å²) in [6.07, 6.45) is 6.50. The number of hydrogen-bond acceptors (Lipinski definition) is 5. The number of rotatable bonds is 6. The Morgan fingerprint density at radius 2 is 2.00 bits per heavy atom. The van der Waals surface area contributed by atoms with Gasteiger partial charge >= 0.3 is 0 Å². The van der Waals surface area contributed by atoms with Gasteiger partial charge in [-0.1, -0.05) is 18.6 Å². The van der Waals surface area contributed by atoms with Crippen LogP contribution in [0.1, 0.15) is 66.4 Å². The number of carbonyl (C=O) groups is 3. The third-order valence-electron chi connectivity index (χ3n) is 6.54. The van der Waals surface area contributed by atoms with Crippen LogP contribution in [0.15, 0.2) is 18.2 Å². The zero-order valence-electron chi connectivity index (χ0n) is 16.9. The van der Waals surface area contributed by atoms with Crippen molar-refractivity contribution < 1.29 is 14.4 Å². The maximum atomic E-state index is 13.0. The van der Waals surface area contributed by atoms with Gasteiger partial charge in [0.15, 0.2) is 0 Å². The zero-order valence-corrected chi connectivity index (χ0v) is 16.9. The third kappa shape index (κ3) is 4.07. The van der Waals surface area contributed by atoms with Crippen LogP contribution in [-0.4, -0.2) is 52.7 Å². The molecule has 7 nitrogen and oxygen atoms in total. The largest absolute Gasteiger partial charge is 0.330 e. The first-order valence-corrected chi connectivity index (χ1v) is 10.8. The van der Waals surface area contributed by atoms with E-state index in [9.17, 15) is 14.4 Å². The van der Waals surface area contributed by atoms with Crippen LogP contribution in [-0.2, 0) is 22.7 Å². The second-order valence-corrected chi connectivity index (χ2v) is 8.39. The number of benzene rings is 1. The first kappa shape index (κ1) is 20.0. The van der Waals surface area contributed by atoms with Crippen molar-refractivity contribution in [1.82, 2.24) is 15.1 Å². The minimum Gasteiger partial charge on any atom is -0.330 e. The summed E-state index contributed by atoms with van der Waals surface area (Å²) < 4.78 is 0. The minimum atomic E-state index is -0.562. The Bertz CT molecular complexity index is 809. The van der Waals surface area contributed by atoms with E-state index in [1.807, 2.05) is 12.1 Å². The Labute approximate surface area is 171 Å². The average molecular weight is 399 g/mol. The molecule has 3 heterocycles. The van der Waals surface area contributed by atoms with Gasteiger partial charge in [-0.2, -0.15) is 0 Å². The van der Waals surface area contributed by atoms with E-state index in [4.69, 9.17) is 5.73 Å². The number of carbonyl (C=O) groups excluding carboxylic acids is 3. The smallest absolute Gasteiger partial charge is 0.255 e. The zero-order chi connectivity index (χ0) is 20.4. The fourth-order valence-electron chi connectivity index (χ4n) is 4.97. The molecule has 3 aliphatic heterocycles. The molecule has 2 saturated heterocycles. The van der Waals surface area contributed by atoms with E-state index in [1.165, 1.54) is 24.8 Å². The van der Waals surface area contributed by atoms with Crippen molar-refractivity contribution >= 4 is 17.7 Å². The molecule has 3 aliphatic rings. The van der Waals surface area contributed by atoms with Crippen LogP contribution < -0.4 is 11.1 Å². The Kier molecular flexibility index (Phi) is 5.96. The van der Waals surface area contributed by atoms with Gasteiger partial charge in [-0.3, -0.25) is 24.6 Å². The van der Waals surface area contributed by atoms with Crippen molar-refractivity contribution in [1.29, 1.82) is 0 Å². The standard InChI is InChI=1S/C22H30N4O3/c23-11-4-7-16-6-1-2-12-25(16)13-15-5-3-8-17-18(15)14-26(22(17)29)19-9-10-20(27)24-21(19)28/h3,5,8,16,19H,1-2,4,6-7,9-14,23H2,(H,24,27,28). The van der Waals surface area contributed by atoms with Gasteiger partial charge in [0, 0.05) is 31.1 Å². The predicted octanol–water partition coefficient (Wildman–Crippen LogP) is 1.54. The van der Waals surface area contributed by atoms with Gasteiger partial charge < -0.3 is 10.6 Å². The van der Waals surface area contributed by atoms with Gasteiger partial charge in [-0.25, -0.2) is 0 Å². The van der Waals surface area contributed by atoms with Crippen LogP contribution in [0, 0.1) is 0 Å². The molecule has 2 atom stereocenters. The van der Waals surface area contributed by atoms with Crippen LogP contribution in [0.3, 0.4) is 0 Å². The normalized spacial score (nSPS) is 25.3. The Morgan fingerprint density at radius 3 is 2.79 bits per heavy atom. The monoisotopic (exact) mass is 398 g/mol. The molecule has 3 amide bonds. The highest BCUT2D eigenvalue weighted by molar-refractivity contribution is 6.05. The van der Waals surface area contributed by atoms with Crippen molar-refractivity contribution in [3.63, 3.8) is 0 Å². The lowest BCUT2D eigenvalue weighted by atomic mass is 9.95. The van der Waals surface area contributed by atoms with Gasteiger partial charge in [-0.15, -0.1) is 0 Å². The number of nitrogens with two attached hydrogens (primary N) is 1. The number of fused-ring (bicyclic) bond motifs is 1. The molecule has 4 rings (SSSR count). The molecular formula is C22H30N4O3. The Hall–Kier alpha value is -2.25. The lowest BCUT2D eigenvalue weighted by molar-refractivity contribution is -0.136. The number of amides is 3. The second kappa shape index (κ2) is 8.63. The van der Waals surface area contributed by atoms with Crippen molar-refractivity contribution in [2.24, 2.45) is 5.73 Å². The number of nitrogens with one attached hydrogen (secondary N) is 1. The van der Waals surface area contributed by atoms with Crippen molar-refractivity contribution in [3.8, 4) is 0 Å². The van der Waals surface area contributed by atoms with E-state index < -0.39 is 6.04 Å². The van der Waals surface area contributed by atoms with Gasteiger partial charge in [0.25, 0.3) is 5.91 Å². The lowest BCUT2D eigenvalue weighted by Gasteiger charge is -2.36. The van der Waals surface area contributed by atoms with Crippen molar-refractivity contribution in [2.75, 3.05) is 13.1 Å². The van der Waals surface area contributed by atoms with Crippen LogP contribution in [0.25, 0.3) is 0 Å². The summed E-state index contributed by atoms with van der Waals surface area (Å²) >= 11 is 0. The van der Waals surface area contributed by atoms with Gasteiger partial charge in [0.2, 0.25) is 11.8 Å². The molecule has 0 radical (unpaired) electrons. The number of likely N-dealkylation sites (tertiary alicyclic amines) is 1. The Balaban J connectivity index is 1.52. The van der Waals surface area contributed by atoms with E-state index in [-0.39, 0.29) is 24.1 Å². The summed E-state index contributed by atoms with van der Waals surface area (Å²) in [6, 6.07) is 5.89. The molecule has 29 heavy (non-hydrogen) atoms. The van der Waals surface area contributed by atoms with Gasteiger partial charge in [0.1, 0.15) is 6.04 Å². The fraction of sp³-hybridized carbons (Fsp3) is 0.591. The SMILES string of the molecule is NCCCC1CCCCN1Cc1cccc2c1CN(C1CCC(=O)NC1=O)C2=O. The van der Waals surface area contributed by atoms with Crippen LogP contribution >= 0.6 is 0 Å². The summed E-state index contributed by atoms with van der Waals surface area (Å²) in [4.78, 5) is 40.9. The molecule has 0 aliphatic carbocycles. The van der Waals surface area contributed by atoms with Crippen molar-refractivity contribution in [2.45, 2.75) is 70.1 Å². The summed E-state index contributed by atoms with van der Waals surface area (Å²) in [5, 5.41) is 2.37. The van der Waals surface area contributed by atoms with Gasteiger partial charge in [-0.05, 0) is 62.4 Å². The molecule has 1 aromatic carbocycles. The van der Waals surface area contributed by atoms with Crippen LogP contribution in [0.2, 0.25) is 0 Å². The molecular weight excluding hydrogens is 368 g/mol.